The van der Waals surface area contributed by atoms with E-state index in [1.165, 1.54) is 0 Å². The molecule has 1 aliphatic heterocycles. The summed E-state index contributed by atoms with van der Waals surface area (Å²) in [6, 6.07) is 0.312. The van der Waals surface area contributed by atoms with Gasteiger partial charge in [-0.25, -0.2) is 0 Å². The molecule has 1 aliphatic rings. The summed E-state index contributed by atoms with van der Waals surface area (Å²) in [6.07, 6.45) is 1.51. The van der Waals surface area contributed by atoms with E-state index < -0.39 is 0 Å². The first-order valence-corrected chi connectivity index (χ1v) is 6.46. The highest BCUT2D eigenvalue weighted by molar-refractivity contribution is 8.23. The standard InChI is InChI=1S/C10H17NOS2/c1-4-5-9(12)11-8(7(2)3)6-14-10(11)13/h7-8H,4-6H2,1-3H3. The molecule has 1 saturated heterocycles. The van der Waals surface area contributed by atoms with Gasteiger partial charge in [0.2, 0.25) is 5.91 Å². The summed E-state index contributed by atoms with van der Waals surface area (Å²) in [4.78, 5) is 13.6. The molecule has 0 saturated carbocycles. The van der Waals surface area contributed by atoms with Crippen LogP contribution in [0.2, 0.25) is 0 Å². The molecule has 0 N–H and O–H groups in total. The van der Waals surface area contributed by atoms with Gasteiger partial charge in [0.15, 0.2) is 0 Å². The topological polar surface area (TPSA) is 20.3 Å². The predicted molar refractivity (Wildman–Crippen MR) is 65.4 cm³/mol. The van der Waals surface area contributed by atoms with E-state index in [9.17, 15) is 4.79 Å². The zero-order chi connectivity index (χ0) is 10.7. The summed E-state index contributed by atoms with van der Waals surface area (Å²) in [5.74, 6) is 1.65. The van der Waals surface area contributed by atoms with Crippen molar-refractivity contribution in [3.63, 3.8) is 0 Å². The molecule has 0 bridgehead atoms. The molecule has 4 heteroatoms. The first-order valence-electron chi connectivity index (χ1n) is 5.06. The zero-order valence-corrected chi connectivity index (χ0v) is 10.6. The number of rotatable bonds is 3. The minimum absolute atomic E-state index is 0.196. The van der Waals surface area contributed by atoms with Crippen molar-refractivity contribution in [2.75, 3.05) is 5.75 Å². The highest BCUT2D eigenvalue weighted by Gasteiger charge is 2.34. The lowest BCUT2D eigenvalue weighted by atomic mass is 10.0. The van der Waals surface area contributed by atoms with Gasteiger partial charge in [-0.1, -0.05) is 44.8 Å². The van der Waals surface area contributed by atoms with Crippen LogP contribution in [0.5, 0.6) is 0 Å². The normalized spacial score (nSPS) is 22.1. The van der Waals surface area contributed by atoms with Gasteiger partial charge in [-0.2, -0.15) is 0 Å². The molecule has 1 unspecified atom stereocenters. The van der Waals surface area contributed by atoms with E-state index in [1.54, 1.807) is 11.8 Å². The fourth-order valence-corrected chi connectivity index (χ4v) is 3.21. The maximum atomic E-state index is 11.8. The van der Waals surface area contributed by atoms with Crippen molar-refractivity contribution in [3.8, 4) is 0 Å². The van der Waals surface area contributed by atoms with Crippen molar-refractivity contribution in [2.24, 2.45) is 5.92 Å². The summed E-state index contributed by atoms with van der Waals surface area (Å²) in [7, 11) is 0. The van der Waals surface area contributed by atoms with Crippen molar-refractivity contribution in [2.45, 2.75) is 39.7 Å². The fourth-order valence-electron chi connectivity index (χ4n) is 1.55. The van der Waals surface area contributed by atoms with Gasteiger partial charge < -0.3 is 0 Å². The molecule has 0 spiro atoms. The Kier molecular flexibility index (Phi) is 4.38. The van der Waals surface area contributed by atoms with Crippen LogP contribution in [0.4, 0.5) is 0 Å². The second-order valence-corrected chi connectivity index (χ2v) is 5.56. The van der Waals surface area contributed by atoms with Crippen LogP contribution in [-0.4, -0.2) is 26.9 Å². The van der Waals surface area contributed by atoms with Gasteiger partial charge in [-0.3, -0.25) is 9.69 Å². The predicted octanol–water partition coefficient (Wildman–Crippen LogP) is 2.67. The number of hydrogen-bond donors (Lipinski definition) is 0. The van der Waals surface area contributed by atoms with Gasteiger partial charge in [0.1, 0.15) is 4.32 Å². The largest absolute Gasteiger partial charge is 0.294 e. The van der Waals surface area contributed by atoms with Crippen molar-refractivity contribution in [3.05, 3.63) is 0 Å². The van der Waals surface area contributed by atoms with Crippen LogP contribution in [0.3, 0.4) is 0 Å². The maximum absolute atomic E-state index is 11.8. The summed E-state index contributed by atoms with van der Waals surface area (Å²) >= 11 is 6.83. The minimum Gasteiger partial charge on any atom is -0.294 e. The molecule has 1 heterocycles. The van der Waals surface area contributed by atoms with Crippen LogP contribution >= 0.6 is 24.0 Å². The smallest absolute Gasteiger partial charge is 0.228 e. The Balaban J connectivity index is 2.71. The van der Waals surface area contributed by atoms with Gasteiger partial charge in [0.25, 0.3) is 0 Å². The first kappa shape index (κ1) is 12.0. The number of nitrogens with zero attached hydrogens (tertiary/aromatic N) is 1. The molecule has 1 amide bonds. The molecule has 0 aromatic heterocycles. The van der Waals surface area contributed by atoms with Crippen molar-refractivity contribution < 1.29 is 4.79 Å². The molecule has 1 rings (SSSR count). The lowest BCUT2D eigenvalue weighted by molar-refractivity contribution is -0.128. The molecule has 0 radical (unpaired) electrons. The quantitative estimate of drug-likeness (QED) is 0.697. The van der Waals surface area contributed by atoms with Gasteiger partial charge in [-0.05, 0) is 12.3 Å². The molecule has 1 fully saturated rings. The van der Waals surface area contributed by atoms with Crippen molar-refractivity contribution in [1.29, 1.82) is 0 Å². The highest BCUT2D eigenvalue weighted by Crippen LogP contribution is 2.29. The van der Waals surface area contributed by atoms with Crippen LogP contribution in [-0.2, 0) is 4.79 Å². The Bertz CT molecular complexity index is 240. The van der Waals surface area contributed by atoms with Crippen molar-refractivity contribution in [1.82, 2.24) is 4.90 Å². The molecule has 80 valence electrons. The van der Waals surface area contributed by atoms with Crippen LogP contribution in [0.15, 0.2) is 0 Å². The average molecular weight is 231 g/mol. The van der Waals surface area contributed by atoms with Crippen LogP contribution in [0.25, 0.3) is 0 Å². The van der Waals surface area contributed by atoms with E-state index in [-0.39, 0.29) is 5.91 Å². The zero-order valence-electron chi connectivity index (χ0n) is 8.95. The second-order valence-electron chi connectivity index (χ2n) is 3.90. The molecule has 0 aromatic rings. The number of amides is 1. The summed E-state index contributed by atoms with van der Waals surface area (Å²) in [6.45, 7) is 6.31. The van der Waals surface area contributed by atoms with Gasteiger partial charge in [-0.15, -0.1) is 0 Å². The Morgan fingerprint density at radius 1 is 1.71 bits per heavy atom. The monoisotopic (exact) mass is 231 g/mol. The molecule has 0 aromatic carbocycles. The van der Waals surface area contributed by atoms with E-state index in [4.69, 9.17) is 12.2 Å². The highest BCUT2D eigenvalue weighted by atomic mass is 32.2. The number of carbonyl (C=O) groups is 1. The first-order chi connectivity index (χ1) is 6.57. The van der Waals surface area contributed by atoms with Crippen molar-refractivity contribution >= 4 is 34.2 Å². The minimum atomic E-state index is 0.196. The summed E-state index contributed by atoms with van der Waals surface area (Å²) in [5, 5.41) is 0. The molecular weight excluding hydrogens is 214 g/mol. The van der Waals surface area contributed by atoms with E-state index in [0.29, 0.717) is 18.4 Å². The number of thioether (sulfide) groups is 1. The molecule has 1 atom stereocenters. The van der Waals surface area contributed by atoms with Gasteiger partial charge in [0, 0.05) is 18.2 Å². The van der Waals surface area contributed by atoms with Crippen LogP contribution in [0, 0.1) is 5.92 Å². The average Bonchev–Trinajstić information content (AvgIpc) is 2.47. The Labute approximate surface area is 95.4 Å². The molecule has 14 heavy (non-hydrogen) atoms. The fraction of sp³-hybridized carbons (Fsp3) is 0.800. The number of thiocarbonyl (C=S) groups is 1. The van der Waals surface area contributed by atoms with E-state index in [1.807, 2.05) is 11.8 Å². The Hall–Kier alpha value is -0.0900. The number of carbonyl (C=O) groups excluding carboxylic acids is 1. The third kappa shape index (κ3) is 2.48. The number of hydrogen-bond acceptors (Lipinski definition) is 3. The van der Waals surface area contributed by atoms with E-state index >= 15 is 0 Å². The Morgan fingerprint density at radius 3 is 2.86 bits per heavy atom. The maximum Gasteiger partial charge on any atom is 0.228 e. The molecule has 0 aliphatic carbocycles. The van der Waals surface area contributed by atoms with Gasteiger partial charge >= 0.3 is 0 Å². The van der Waals surface area contributed by atoms with E-state index in [0.717, 1.165) is 16.5 Å². The molecular formula is C10H17NOS2. The Morgan fingerprint density at radius 2 is 2.36 bits per heavy atom. The summed E-state index contributed by atoms with van der Waals surface area (Å²) < 4.78 is 0.766. The van der Waals surface area contributed by atoms with Crippen LogP contribution < -0.4 is 0 Å². The summed E-state index contributed by atoms with van der Waals surface area (Å²) in [5.41, 5.74) is 0. The lowest BCUT2D eigenvalue weighted by Crippen LogP contribution is -2.41. The molecule has 2 nitrogen and oxygen atoms in total. The SMILES string of the molecule is CCCC(=O)N1C(=S)SCC1C(C)C. The van der Waals surface area contributed by atoms with Gasteiger partial charge in [0.05, 0.1) is 0 Å². The van der Waals surface area contributed by atoms with E-state index in [2.05, 4.69) is 13.8 Å². The lowest BCUT2D eigenvalue weighted by Gasteiger charge is -2.26. The third-order valence-electron chi connectivity index (χ3n) is 2.41. The third-order valence-corrected chi connectivity index (χ3v) is 3.91. The second kappa shape index (κ2) is 5.12. The van der Waals surface area contributed by atoms with Crippen LogP contribution in [0.1, 0.15) is 33.6 Å².